The number of imide groups is 2. The van der Waals surface area contributed by atoms with Crippen LogP contribution in [0.3, 0.4) is 0 Å². The summed E-state index contributed by atoms with van der Waals surface area (Å²) in [7, 11) is -2.89. The molecule has 1 aliphatic rings. The van der Waals surface area contributed by atoms with Gasteiger partial charge in [0.15, 0.2) is 11.5 Å². The van der Waals surface area contributed by atoms with E-state index in [0.29, 0.717) is 8.47 Å². The minimum absolute atomic E-state index is 0.0140. The second-order valence-electron chi connectivity index (χ2n) is 7.79. The first-order valence-corrected chi connectivity index (χ1v) is 13.0. The topological polar surface area (TPSA) is 119 Å². The van der Waals surface area contributed by atoms with Gasteiger partial charge < -0.3 is 8.92 Å². The van der Waals surface area contributed by atoms with E-state index in [1.165, 1.54) is 55.7 Å². The maximum absolute atomic E-state index is 14.3. The number of barbiturate groups is 1. The first-order valence-electron chi connectivity index (χ1n) is 10.6. The number of rotatable bonds is 6. The van der Waals surface area contributed by atoms with Gasteiger partial charge in [-0.3, -0.25) is 14.9 Å². The van der Waals surface area contributed by atoms with Gasteiger partial charge in [-0.1, -0.05) is 29.8 Å². The Morgan fingerprint density at radius 2 is 1.70 bits per heavy atom. The lowest BCUT2D eigenvalue weighted by atomic mass is 10.1. The zero-order chi connectivity index (χ0) is 26.9. The van der Waals surface area contributed by atoms with Crippen LogP contribution in [-0.4, -0.2) is 33.4 Å². The van der Waals surface area contributed by atoms with Crippen molar-refractivity contribution in [3.05, 3.63) is 86.8 Å². The minimum Gasteiger partial charge on any atom is -0.493 e. The van der Waals surface area contributed by atoms with Gasteiger partial charge >= 0.3 is 16.1 Å². The number of anilines is 1. The molecule has 1 aliphatic heterocycles. The highest BCUT2D eigenvalue weighted by Gasteiger charge is 2.38. The largest absolute Gasteiger partial charge is 0.493 e. The van der Waals surface area contributed by atoms with Crippen molar-refractivity contribution in [3.8, 4) is 11.5 Å². The molecule has 0 radical (unpaired) electrons. The fraction of sp³-hybridized carbons (Fsp3) is 0.0800. The number of nitrogens with zero attached hydrogens (tertiary/aromatic N) is 1. The van der Waals surface area contributed by atoms with Gasteiger partial charge in [0.2, 0.25) is 0 Å². The SMILES string of the molecule is COc1cc(/C=C2/C(=O)NC(=O)N(c3ccccc3F)C2=O)cc(I)c1OS(=O)(=O)c1ccc(C)cc1. The quantitative estimate of drug-likeness (QED) is 0.187. The molecule has 9 nitrogen and oxygen atoms in total. The number of para-hydroxylation sites is 1. The fourth-order valence-electron chi connectivity index (χ4n) is 3.44. The summed E-state index contributed by atoms with van der Waals surface area (Å²) in [6.07, 6.45) is 1.18. The van der Waals surface area contributed by atoms with Gasteiger partial charge in [0.1, 0.15) is 16.3 Å². The summed E-state index contributed by atoms with van der Waals surface area (Å²) in [6.45, 7) is 1.82. The monoisotopic (exact) mass is 636 g/mol. The molecule has 0 aromatic heterocycles. The summed E-state index contributed by atoms with van der Waals surface area (Å²) in [5.41, 5.74) is 0.380. The third-order valence-electron chi connectivity index (χ3n) is 5.26. The van der Waals surface area contributed by atoms with Crippen LogP contribution in [0.15, 0.2) is 71.1 Å². The molecule has 3 aromatic rings. The molecule has 12 heteroatoms. The Kier molecular flexibility index (Phi) is 7.32. The Morgan fingerprint density at radius 1 is 1.03 bits per heavy atom. The molecule has 37 heavy (non-hydrogen) atoms. The highest BCUT2D eigenvalue weighted by atomic mass is 127. The molecule has 1 heterocycles. The number of amides is 4. The van der Waals surface area contributed by atoms with E-state index in [4.69, 9.17) is 8.92 Å². The van der Waals surface area contributed by atoms with E-state index in [9.17, 15) is 27.2 Å². The highest BCUT2D eigenvalue weighted by Crippen LogP contribution is 2.37. The molecule has 1 fully saturated rings. The van der Waals surface area contributed by atoms with Crippen molar-refractivity contribution in [2.24, 2.45) is 0 Å². The number of carbonyl (C=O) groups is 3. The number of aryl methyl sites for hydroxylation is 1. The van der Waals surface area contributed by atoms with Crippen LogP contribution in [0.2, 0.25) is 0 Å². The number of urea groups is 1. The van der Waals surface area contributed by atoms with Crippen LogP contribution in [0.4, 0.5) is 14.9 Å². The Bertz CT molecular complexity index is 1570. The lowest BCUT2D eigenvalue weighted by Crippen LogP contribution is -2.54. The van der Waals surface area contributed by atoms with Crippen LogP contribution < -0.4 is 19.1 Å². The molecule has 0 aliphatic carbocycles. The van der Waals surface area contributed by atoms with Gasteiger partial charge in [-0.15, -0.1) is 0 Å². The van der Waals surface area contributed by atoms with E-state index in [-0.39, 0.29) is 27.6 Å². The third-order valence-corrected chi connectivity index (χ3v) is 7.30. The average molecular weight is 636 g/mol. The minimum atomic E-state index is -4.19. The highest BCUT2D eigenvalue weighted by molar-refractivity contribution is 14.1. The molecule has 1 N–H and O–H groups in total. The fourth-order valence-corrected chi connectivity index (χ4v) is 5.28. The van der Waals surface area contributed by atoms with E-state index in [0.717, 1.165) is 11.6 Å². The van der Waals surface area contributed by atoms with Crippen molar-refractivity contribution in [2.75, 3.05) is 12.0 Å². The molecule has 190 valence electrons. The van der Waals surface area contributed by atoms with Crippen LogP contribution in [0.1, 0.15) is 11.1 Å². The summed E-state index contributed by atoms with van der Waals surface area (Å²) in [5.74, 6) is -2.91. The van der Waals surface area contributed by atoms with Crippen LogP contribution >= 0.6 is 22.6 Å². The van der Waals surface area contributed by atoms with Crippen LogP contribution in [0.25, 0.3) is 6.08 Å². The van der Waals surface area contributed by atoms with Gasteiger partial charge in [0.25, 0.3) is 11.8 Å². The van der Waals surface area contributed by atoms with Crippen LogP contribution in [-0.2, 0) is 19.7 Å². The van der Waals surface area contributed by atoms with Crippen molar-refractivity contribution < 1.29 is 36.1 Å². The average Bonchev–Trinajstić information content (AvgIpc) is 2.84. The van der Waals surface area contributed by atoms with Crippen molar-refractivity contribution in [3.63, 3.8) is 0 Å². The number of hydrogen-bond acceptors (Lipinski definition) is 7. The lowest BCUT2D eigenvalue weighted by molar-refractivity contribution is -0.122. The van der Waals surface area contributed by atoms with E-state index in [1.54, 1.807) is 12.1 Å². The molecule has 3 aromatic carbocycles. The van der Waals surface area contributed by atoms with Crippen LogP contribution in [0, 0.1) is 16.3 Å². The van der Waals surface area contributed by atoms with Gasteiger partial charge in [0, 0.05) is 0 Å². The second kappa shape index (κ2) is 10.3. The summed E-state index contributed by atoms with van der Waals surface area (Å²) < 4.78 is 50.8. The molecule has 0 unspecified atom stereocenters. The Morgan fingerprint density at radius 3 is 2.35 bits per heavy atom. The zero-order valence-corrected chi connectivity index (χ0v) is 22.3. The van der Waals surface area contributed by atoms with Gasteiger partial charge in [-0.05, 0) is 77.6 Å². The maximum atomic E-state index is 14.3. The van der Waals surface area contributed by atoms with E-state index < -0.39 is 39.4 Å². The summed E-state index contributed by atoms with van der Waals surface area (Å²) in [5, 5.41) is 2.02. The van der Waals surface area contributed by atoms with Gasteiger partial charge in [-0.2, -0.15) is 8.42 Å². The van der Waals surface area contributed by atoms with Crippen molar-refractivity contribution in [1.29, 1.82) is 0 Å². The first kappa shape index (κ1) is 26.3. The molecule has 0 atom stereocenters. The van der Waals surface area contributed by atoms with Gasteiger partial charge in [0.05, 0.1) is 16.4 Å². The predicted octanol–water partition coefficient (Wildman–Crippen LogP) is 4.18. The summed E-state index contributed by atoms with van der Waals surface area (Å²) >= 11 is 1.83. The van der Waals surface area contributed by atoms with Crippen molar-refractivity contribution in [1.82, 2.24) is 5.32 Å². The first-order chi connectivity index (χ1) is 17.5. The molecule has 0 bridgehead atoms. The lowest BCUT2D eigenvalue weighted by Gasteiger charge is -2.26. The predicted molar refractivity (Wildman–Crippen MR) is 140 cm³/mol. The van der Waals surface area contributed by atoms with Crippen LogP contribution in [0.5, 0.6) is 11.5 Å². The number of halogens is 2. The number of hydrogen-bond donors (Lipinski definition) is 1. The van der Waals surface area contributed by atoms with E-state index in [1.807, 2.05) is 34.8 Å². The molecular formula is C25H18FIN2O7S. The maximum Gasteiger partial charge on any atom is 0.339 e. The number of methoxy groups -OCH3 is 1. The third kappa shape index (κ3) is 5.34. The normalized spacial score (nSPS) is 15.1. The molecular weight excluding hydrogens is 618 g/mol. The smallest absolute Gasteiger partial charge is 0.339 e. The molecule has 4 rings (SSSR count). The molecule has 1 saturated heterocycles. The number of ether oxygens (including phenoxy) is 1. The van der Waals surface area contributed by atoms with Crippen molar-refractivity contribution in [2.45, 2.75) is 11.8 Å². The Hall–Kier alpha value is -3.78. The number of carbonyl (C=O) groups excluding carboxylic acids is 3. The van der Waals surface area contributed by atoms with Gasteiger partial charge in [-0.25, -0.2) is 14.1 Å². The molecule has 0 spiro atoms. The molecule has 0 saturated carbocycles. The summed E-state index contributed by atoms with van der Waals surface area (Å²) in [6, 6.07) is 13.0. The second-order valence-corrected chi connectivity index (χ2v) is 10.5. The Labute approximate surface area is 225 Å². The van der Waals surface area contributed by atoms with E-state index in [2.05, 4.69) is 0 Å². The van der Waals surface area contributed by atoms with E-state index >= 15 is 0 Å². The number of benzene rings is 3. The van der Waals surface area contributed by atoms with Crippen molar-refractivity contribution >= 4 is 62.3 Å². The standard InChI is InChI=1S/C25H18FIN2O7S/c1-14-7-9-16(10-8-14)37(33,34)36-22-19(27)12-15(13-21(22)35-2)11-17-23(30)28-25(32)29(24(17)31)20-6-4-3-5-18(20)26/h3-13H,1-2H3,(H,28,30,32)/b17-11-. The zero-order valence-electron chi connectivity index (χ0n) is 19.3. The molecule has 4 amide bonds. The summed E-state index contributed by atoms with van der Waals surface area (Å²) in [4.78, 5) is 38.3. The Balaban J connectivity index is 1.71. The number of nitrogens with one attached hydrogen (secondary N) is 1.